The summed E-state index contributed by atoms with van der Waals surface area (Å²) in [6.07, 6.45) is 1.56. The van der Waals surface area contributed by atoms with Crippen molar-refractivity contribution in [2.75, 3.05) is 0 Å². The third-order valence-electron chi connectivity index (χ3n) is 5.31. The predicted molar refractivity (Wildman–Crippen MR) is 117 cm³/mol. The van der Waals surface area contributed by atoms with Crippen LogP contribution < -0.4 is 0 Å². The minimum atomic E-state index is 0.157. The lowest BCUT2D eigenvalue weighted by Crippen LogP contribution is -2.14. The van der Waals surface area contributed by atoms with Crippen molar-refractivity contribution in [1.82, 2.24) is 19.6 Å². The van der Waals surface area contributed by atoms with Gasteiger partial charge in [0.2, 0.25) is 0 Å². The second kappa shape index (κ2) is 9.65. The zero-order valence-electron chi connectivity index (χ0n) is 18.3. The van der Waals surface area contributed by atoms with Crippen molar-refractivity contribution in [2.24, 2.45) is 0 Å². The Kier molecular flexibility index (Phi) is 6.98. The minimum Gasteiger partial charge on any atom is -0.299 e. The third kappa shape index (κ3) is 5.75. The Bertz CT molecular complexity index is 962. The number of rotatable bonds is 10. The molecule has 0 unspecified atom stereocenters. The molecule has 0 bridgehead atoms. The first-order valence-corrected chi connectivity index (χ1v) is 10.4. The van der Waals surface area contributed by atoms with Crippen LogP contribution in [0.15, 0.2) is 36.4 Å². The van der Waals surface area contributed by atoms with Gasteiger partial charge < -0.3 is 0 Å². The van der Waals surface area contributed by atoms with Crippen LogP contribution in [0.2, 0.25) is 0 Å². The molecule has 2 heterocycles. The summed E-state index contributed by atoms with van der Waals surface area (Å²) < 4.78 is 3.75. The highest BCUT2D eigenvalue weighted by atomic mass is 16.1. The maximum absolute atomic E-state index is 12.6. The summed E-state index contributed by atoms with van der Waals surface area (Å²) in [6.45, 7) is 9.07. The van der Waals surface area contributed by atoms with Gasteiger partial charge in [0.05, 0.1) is 11.4 Å². The lowest BCUT2D eigenvalue weighted by atomic mass is 9.97. The summed E-state index contributed by atoms with van der Waals surface area (Å²) in [5, 5.41) is 8.82. The number of ketones is 2. The van der Waals surface area contributed by atoms with Gasteiger partial charge in [0.25, 0.3) is 0 Å². The molecule has 1 aromatic carbocycles. The quantitative estimate of drug-likeness (QED) is 0.515. The molecule has 158 valence electrons. The zero-order chi connectivity index (χ0) is 21.7. The molecule has 0 amide bonds. The summed E-state index contributed by atoms with van der Waals surface area (Å²) in [6, 6.07) is 11.8. The van der Waals surface area contributed by atoms with Crippen LogP contribution in [-0.2, 0) is 35.5 Å². The molecule has 30 heavy (non-hydrogen) atoms. The van der Waals surface area contributed by atoms with Gasteiger partial charge >= 0.3 is 0 Å². The maximum atomic E-state index is 12.6. The van der Waals surface area contributed by atoms with E-state index in [1.54, 1.807) is 0 Å². The first-order valence-electron chi connectivity index (χ1n) is 10.4. The number of hydrogen-bond donors (Lipinski definition) is 0. The summed E-state index contributed by atoms with van der Waals surface area (Å²) in [5.41, 5.74) is 5.93. The molecule has 0 saturated carbocycles. The number of Topliss-reactive ketones (excluding diaryl/α,β-unsaturated/α-hetero) is 2. The van der Waals surface area contributed by atoms with E-state index in [0.717, 1.165) is 33.9 Å². The average molecular weight is 407 g/mol. The van der Waals surface area contributed by atoms with Crippen LogP contribution in [0.5, 0.6) is 0 Å². The van der Waals surface area contributed by atoms with Gasteiger partial charge in [-0.15, -0.1) is 0 Å². The Morgan fingerprint density at radius 2 is 1.13 bits per heavy atom. The van der Waals surface area contributed by atoms with Crippen molar-refractivity contribution in [3.63, 3.8) is 0 Å². The van der Waals surface area contributed by atoms with E-state index >= 15 is 0 Å². The standard InChI is InChI=1S/C24H30N4O2/c1-17-13-19(3)27(25-17)11-9-23(29)15-21-7-5-6-8-22(21)16-24(30)10-12-28-20(4)14-18(2)26-28/h5-8,13-14H,9-12,15-16H2,1-4H3. The van der Waals surface area contributed by atoms with E-state index in [0.29, 0.717) is 38.8 Å². The lowest BCUT2D eigenvalue weighted by Gasteiger charge is -2.10. The lowest BCUT2D eigenvalue weighted by molar-refractivity contribution is -0.119. The molecule has 0 atom stereocenters. The fraction of sp³-hybridized carbons (Fsp3) is 0.417. The van der Waals surface area contributed by atoms with Crippen molar-refractivity contribution < 1.29 is 9.59 Å². The SMILES string of the molecule is Cc1cc(C)n(CCC(=O)Cc2ccccc2CC(=O)CCn2nc(C)cc2C)n1. The molecule has 6 nitrogen and oxygen atoms in total. The summed E-state index contributed by atoms with van der Waals surface area (Å²) in [5.74, 6) is 0.315. The Morgan fingerprint density at radius 1 is 0.733 bits per heavy atom. The van der Waals surface area contributed by atoms with Crippen LogP contribution in [0, 0.1) is 27.7 Å². The van der Waals surface area contributed by atoms with Gasteiger partial charge in [-0.25, -0.2) is 0 Å². The van der Waals surface area contributed by atoms with E-state index < -0.39 is 0 Å². The van der Waals surface area contributed by atoms with E-state index in [1.165, 1.54) is 0 Å². The molecule has 0 aliphatic carbocycles. The first kappa shape index (κ1) is 21.7. The summed E-state index contributed by atoms with van der Waals surface area (Å²) >= 11 is 0. The molecule has 0 radical (unpaired) electrons. The van der Waals surface area contributed by atoms with E-state index in [2.05, 4.69) is 10.2 Å². The van der Waals surface area contributed by atoms with Gasteiger partial charge in [-0.05, 0) is 51.0 Å². The van der Waals surface area contributed by atoms with E-state index in [9.17, 15) is 9.59 Å². The molecule has 0 aliphatic rings. The largest absolute Gasteiger partial charge is 0.299 e. The molecule has 0 N–H and O–H groups in total. The third-order valence-corrected chi connectivity index (χ3v) is 5.31. The Hall–Kier alpha value is -3.02. The predicted octanol–water partition coefficient (Wildman–Crippen LogP) is 3.72. The summed E-state index contributed by atoms with van der Waals surface area (Å²) in [7, 11) is 0. The smallest absolute Gasteiger partial charge is 0.139 e. The highest BCUT2D eigenvalue weighted by molar-refractivity contribution is 5.83. The van der Waals surface area contributed by atoms with Crippen LogP contribution in [0.25, 0.3) is 0 Å². The highest BCUT2D eigenvalue weighted by Gasteiger charge is 2.13. The molecule has 3 rings (SSSR count). The Labute approximate surface area is 177 Å². The fourth-order valence-electron chi connectivity index (χ4n) is 3.77. The molecule has 0 fully saturated rings. The molecular weight excluding hydrogens is 376 g/mol. The second-order valence-electron chi connectivity index (χ2n) is 8.00. The molecule has 0 aliphatic heterocycles. The van der Waals surface area contributed by atoms with Gasteiger partial charge in [0.15, 0.2) is 0 Å². The van der Waals surface area contributed by atoms with Gasteiger partial charge in [-0.1, -0.05) is 24.3 Å². The molecule has 0 saturated heterocycles. The zero-order valence-corrected chi connectivity index (χ0v) is 18.3. The number of carbonyl (C=O) groups excluding carboxylic acids is 2. The molecule has 6 heteroatoms. The number of carbonyl (C=O) groups is 2. The van der Waals surface area contributed by atoms with Crippen LogP contribution in [0.1, 0.15) is 46.7 Å². The van der Waals surface area contributed by atoms with Crippen LogP contribution in [0.4, 0.5) is 0 Å². The fourth-order valence-corrected chi connectivity index (χ4v) is 3.77. The van der Waals surface area contributed by atoms with E-state index in [1.807, 2.05) is 73.5 Å². The van der Waals surface area contributed by atoms with Crippen molar-refractivity contribution in [3.8, 4) is 0 Å². The first-order chi connectivity index (χ1) is 14.3. The van der Waals surface area contributed by atoms with Crippen molar-refractivity contribution in [3.05, 3.63) is 70.3 Å². The maximum Gasteiger partial charge on any atom is 0.139 e. The summed E-state index contributed by atoms with van der Waals surface area (Å²) in [4.78, 5) is 25.1. The van der Waals surface area contributed by atoms with Crippen molar-refractivity contribution >= 4 is 11.6 Å². The van der Waals surface area contributed by atoms with E-state index in [4.69, 9.17) is 0 Å². The van der Waals surface area contributed by atoms with Gasteiger partial charge in [0, 0.05) is 50.2 Å². The monoisotopic (exact) mass is 406 g/mol. The highest BCUT2D eigenvalue weighted by Crippen LogP contribution is 2.14. The minimum absolute atomic E-state index is 0.157. The Morgan fingerprint density at radius 3 is 1.47 bits per heavy atom. The molecular formula is C24H30N4O2. The second-order valence-corrected chi connectivity index (χ2v) is 8.00. The number of aryl methyl sites for hydroxylation is 6. The van der Waals surface area contributed by atoms with Gasteiger partial charge in [-0.2, -0.15) is 10.2 Å². The number of nitrogens with zero attached hydrogens (tertiary/aromatic N) is 4. The van der Waals surface area contributed by atoms with Crippen molar-refractivity contribution in [2.45, 2.75) is 66.5 Å². The number of benzene rings is 1. The number of hydrogen-bond acceptors (Lipinski definition) is 4. The topological polar surface area (TPSA) is 69.8 Å². The van der Waals surface area contributed by atoms with Crippen LogP contribution in [0.3, 0.4) is 0 Å². The average Bonchev–Trinajstić information content (AvgIpc) is 3.19. The Balaban J connectivity index is 1.55. The molecule has 2 aromatic heterocycles. The molecule has 0 spiro atoms. The normalized spacial score (nSPS) is 11.1. The number of aromatic nitrogens is 4. The van der Waals surface area contributed by atoms with Gasteiger partial charge in [0.1, 0.15) is 11.6 Å². The van der Waals surface area contributed by atoms with E-state index in [-0.39, 0.29) is 11.6 Å². The molecule has 3 aromatic rings. The van der Waals surface area contributed by atoms with Crippen LogP contribution >= 0.6 is 0 Å². The van der Waals surface area contributed by atoms with Gasteiger partial charge in [-0.3, -0.25) is 19.0 Å². The van der Waals surface area contributed by atoms with Crippen LogP contribution in [-0.4, -0.2) is 31.1 Å². The van der Waals surface area contributed by atoms with Crippen molar-refractivity contribution in [1.29, 1.82) is 0 Å².